The van der Waals surface area contributed by atoms with E-state index >= 15 is 0 Å². The summed E-state index contributed by atoms with van der Waals surface area (Å²) in [5.74, 6) is -0.0948. The van der Waals surface area contributed by atoms with E-state index in [1.165, 1.54) is 6.33 Å². The quantitative estimate of drug-likeness (QED) is 0.862. The number of hydrogen-bond acceptors (Lipinski definition) is 3. The molecule has 0 spiro atoms. The van der Waals surface area contributed by atoms with Crippen LogP contribution in [0.2, 0.25) is 0 Å². The molecule has 0 saturated heterocycles. The number of carbonyl (C=O) groups is 1. The third-order valence-electron chi connectivity index (χ3n) is 2.40. The Bertz CT molecular complexity index is 554. The molecule has 0 radical (unpaired) electrons. The predicted octanol–water partition coefficient (Wildman–Crippen LogP) is 2.32. The second-order valence-corrected chi connectivity index (χ2v) is 5.09. The molecule has 4 nitrogen and oxygen atoms in total. The molecule has 92 valence electrons. The van der Waals surface area contributed by atoms with Crippen molar-refractivity contribution in [1.29, 1.82) is 0 Å². The van der Waals surface area contributed by atoms with E-state index in [0.717, 1.165) is 15.0 Å². The van der Waals surface area contributed by atoms with E-state index in [9.17, 15) is 4.79 Å². The lowest BCUT2D eigenvalue weighted by molar-refractivity contribution is 0.0950. The van der Waals surface area contributed by atoms with Crippen LogP contribution in [0.15, 0.2) is 36.7 Å². The van der Waals surface area contributed by atoms with Gasteiger partial charge in [0.05, 0.1) is 12.2 Å². The lowest BCUT2D eigenvalue weighted by Gasteiger charge is -2.05. The highest BCUT2D eigenvalue weighted by atomic mass is 127. The van der Waals surface area contributed by atoms with Gasteiger partial charge in [-0.1, -0.05) is 0 Å². The van der Waals surface area contributed by atoms with Crippen LogP contribution in [0.25, 0.3) is 0 Å². The zero-order chi connectivity index (χ0) is 13.0. The second-order valence-electron chi connectivity index (χ2n) is 3.84. The molecule has 0 aliphatic rings. The first kappa shape index (κ1) is 12.9. The topological polar surface area (TPSA) is 54.9 Å². The van der Waals surface area contributed by atoms with Crippen LogP contribution in [0.4, 0.5) is 0 Å². The molecule has 0 saturated carbocycles. The fraction of sp³-hybridized carbons (Fsp3) is 0.154. The molecule has 1 aromatic carbocycles. The van der Waals surface area contributed by atoms with Gasteiger partial charge in [-0.2, -0.15) is 0 Å². The van der Waals surface area contributed by atoms with Crippen molar-refractivity contribution in [3.63, 3.8) is 0 Å². The maximum absolute atomic E-state index is 11.9. The molecule has 0 unspecified atom stereocenters. The van der Waals surface area contributed by atoms with Gasteiger partial charge in [0.1, 0.15) is 6.33 Å². The minimum atomic E-state index is -0.0948. The van der Waals surface area contributed by atoms with Crippen LogP contribution in [-0.2, 0) is 6.54 Å². The second kappa shape index (κ2) is 5.90. The van der Waals surface area contributed by atoms with Gasteiger partial charge >= 0.3 is 0 Å². The molecular formula is C13H12IN3O. The number of hydrogen-bond donors (Lipinski definition) is 1. The van der Waals surface area contributed by atoms with E-state index in [0.29, 0.717) is 12.1 Å². The highest BCUT2D eigenvalue weighted by molar-refractivity contribution is 14.1. The Balaban J connectivity index is 1.98. The van der Waals surface area contributed by atoms with Gasteiger partial charge in [-0.3, -0.25) is 4.79 Å². The van der Waals surface area contributed by atoms with Gasteiger partial charge < -0.3 is 5.32 Å². The monoisotopic (exact) mass is 353 g/mol. The highest BCUT2D eigenvalue weighted by Gasteiger charge is 2.05. The molecule has 2 rings (SSSR count). The molecule has 18 heavy (non-hydrogen) atoms. The van der Waals surface area contributed by atoms with Gasteiger partial charge in [-0.05, 0) is 59.8 Å². The maximum Gasteiger partial charge on any atom is 0.251 e. The molecule has 1 amide bonds. The fourth-order valence-electron chi connectivity index (χ4n) is 1.48. The van der Waals surface area contributed by atoms with E-state index in [1.54, 1.807) is 0 Å². The van der Waals surface area contributed by atoms with Crippen LogP contribution in [0.1, 0.15) is 21.7 Å². The number of benzene rings is 1. The number of nitrogens with one attached hydrogen (secondary N) is 1. The van der Waals surface area contributed by atoms with Gasteiger partial charge in [0, 0.05) is 14.8 Å². The molecule has 2 aromatic rings. The van der Waals surface area contributed by atoms with Crippen LogP contribution < -0.4 is 5.32 Å². The first-order valence-electron chi connectivity index (χ1n) is 5.46. The largest absolute Gasteiger partial charge is 0.346 e. The van der Waals surface area contributed by atoms with Crippen molar-refractivity contribution in [2.75, 3.05) is 0 Å². The maximum atomic E-state index is 11.9. The molecule has 1 aromatic heterocycles. The van der Waals surface area contributed by atoms with Crippen molar-refractivity contribution >= 4 is 28.5 Å². The predicted molar refractivity (Wildman–Crippen MR) is 77.1 cm³/mol. The molecular weight excluding hydrogens is 341 g/mol. The standard InChI is InChI=1S/C13H12IN3O/c1-9-6-12(17-8-16-9)7-15-13(18)10-2-4-11(14)5-3-10/h2-6,8H,7H2,1H3,(H,15,18). The van der Waals surface area contributed by atoms with Crippen LogP contribution >= 0.6 is 22.6 Å². The third kappa shape index (κ3) is 3.49. The van der Waals surface area contributed by atoms with Gasteiger partial charge in [0.25, 0.3) is 5.91 Å². The minimum absolute atomic E-state index is 0.0948. The summed E-state index contributed by atoms with van der Waals surface area (Å²) in [6, 6.07) is 9.29. The summed E-state index contributed by atoms with van der Waals surface area (Å²) < 4.78 is 1.11. The number of aryl methyl sites for hydroxylation is 1. The van der Waals surface area contributed by atoms with Crippen molar-refractivity contribution in [2.45, 2.75) is 13.5 Å². The van der Waals surface area contributed by atoms with E-state index in [1.807, 2.05) is 37.3 Å². The van der Waals surface area contributed by atoms with Gasteiger partial charge in [-0.25, -0.2) is 9.97 Å². The fourth-order valence-corrected chi connectivity index (χ4v) is 1.84. The number of carbonyl (C=O) groups excluding carboxylic acids is 1. The van der Waals surface area contributed by atoms with Gasteiger partial charge in [-0.15, -0.1) is 0 Å². The molecule has 0 atom stereocenters. The first-order valence-corrected chi connectivity index (χ1v) is 6.54. The lowest BCUT2D eigenvalue weighted by atomic mass is 10.2. The Morgan fingerprint density at radius 3 is 2.67 bits per heavy atom. The summed E-state index contributed by atoms with van der Waals surface area (Å²) in [6.07, 6.45) is 1.50. The Kier molecular flexibility index (Phi) is 4.24. The lowest BCUT2D eigenvalue weighted by Crippen LogP contribution is -2.23. The molecule has 0 aliphatic carbocycles. The smallest absolute Gasteiger partial charge is 0.251 e. The summed E-state index contributed by atoms with van der Waals surface area (Å²) in [7, 11) is 0. The first-order chi connectivity index (χ1) is 8.65. The van der Waals surface area contributed by atoms with Crippen LogP contribution in [-0.4, -0.2) is 15.9 Å². The van der Waals surface area contributed by atoms with Crippen molar-refractivity contribution in [2.24, 2.45) is 0 Å². The van der Waals surface area contributed by atoms with E-state index in [4.69, 9.17) is 0 Å². The number of aromatic nitrogens is 2. The Labute approximate surface area is 119 Å². The minimum Gasteiger partial charge on any atom is -0.346 e. The summed E-state index contributed by atoms with van der Waals surface area (Å²) in [5, 5.41) is 2.83. The molecule has 1 heterocycles. The summed E-state index contributed by atoms with van der Waals surface area (Å²) in [5.41, 5.74) is 2.35. The number of amides is 1. The Morgan fingerprint density at radius 2 is 2.00 bits per heavy atom. The van der Waals surface area contributed by atoms with Crippen molar-refractivity contribution in [1.82, 2.24) is 15.3 Å². The Hall–Kier alpha value is -1.50. The highest BCUT2D eigenvalue weighted by Crippen LogP contribution is 2.06. The van der Waals surface area contributed by atoms with E-state index in [2.05, 4.69) is 37.9 Å². The molecule has 0 aliphatic heterocycles. The van der Waals surface area contributed by atoms with Crippen molar-refractivity contribution < 1.29 is 4.79 Å². The molecule has 5 heteroatoms. The van der Waals surface area contributed by atoms with E-state index in [-0.39, 0.29) is 5.91 Å². The van der Waals surface area contributed by atoms with Crippen LogP contribution in [0.5, 0.6) is 0 Å². The number of rotatable bonds is 3. The molecule has 0 bridgehead atoms. The zero-order valence-corrected chi connectivity index (χ0v) is 12.0. The zero-order valence-electron chi connectivity index (χ0n) is 9.85. The summed E-state index contributed by atoms with van der Waals surface area (Å²) in [4.78, 5) is 20.0. The van der Waals surface area contributed by atoms with Crippen LogP contribution in [0, 0.1) is 10.5 Å². The third-order valence-corrected chi connectivity index (χ3v) is 3.12. The summed E-state index contributed by atoms with van der Waals surface area (Å²) >= 11 is 2.21. The summed E-state index contributed by atoms with van der Waals surface area (Å²) in [6.45, 7) is 2.31. The van der Waals surface area contributed by atoms with Crippen LogP contribution in [0.3, 0.4) is 0 Å². The Morgan fingerprint density at radius 1 is 1.28 bits per heavy atom. The van der Waals surface area contributed by atoms with Crippen molar-refractivity contribution in [3.8, 4) is 0 Å². The van der Waals surface area contributed by atoms with Crippen molar-refractivity contribution in [3.05, 3.63) is 57.2 Å². The number of nitrogens with zero attached hydrogens (tertiary/aromatic N) is 2. The van der Waals surface area contributed by atoms with E-state index < -0.39 is 0 Å². The van der Waals surface area contributed by atoms with Gasteiger partial charge in [0.15, 0.2) is 0 Å². The average molecular weight is 353 g/mol. The SMILES string of the molecule is Cc1cc(CNC(=O)c2ccc(I)cc2)ncn1. The average Bonchev–Trinajstić information content (AvgIpc) is 2.37. The van der Waals surface area contributed by atoms with Gasteiger partial charge in [0.2, 0.25) is 0 Å². The molecule has 1 N–H and O–H groups in total. The normalized spacial score (nSPS) is 10.1. The molecule has 0 fully saturated rings. The number of halogens is 1.